The number of urea groups is 1. The molecule has 2 rings (SSSR count). The van der Waals surface area contributed by atoms with Gasteiger partial charge in [-0.1, -0.05) is 18.2 Å². The number of amides is 3. The Balaban J connectivity index is 1.72. The fourth-order valence-corrected chi connectivity index (χ4v) is 2.18. The lowest BCUT2D eigenvalue weighted by molar-refractivity contribution is 0.0954. The highest BCUT2D eigenvalue weighted by Crippen LogP contribution is 2.21. The van der Waals surface area contributed by atoms with E-state index in [1.165, 1.54) is 0 Å². The lowest BCUT2D eigenvalue weighted by atomic mass is 10.2. The number of hydrogen-bond acceptors (Lipinski definition) is 3. The topological polar surface area (TPSA) is 79.5 Å². The van der Waals surface area contributed by atoms with E-state index in [0.717, 1.165) is 11.3 Å². The summed E-state index contributed by atoms with van der Waals surface area (Å²) in [7, 11) is 1.60. The summed E-state index contributed by atoms with van der Waals surface area (Å²) in [6.07, 6.45) is 0. The van der Waals surface area contributed by atoms with Crippen LogP contribution in [0.4, 0.5) is 10.5 Å². The SMILES string of the molecule is COc1ccc(NC(=O)NCCNC(=O)c2ccccc2)cc1C. The van der Waals surface area contributed by atoms with Gasteiger partial charge in [-0.2, -0.15) is 0 Å². The van der Waals surface area contributed by atoms with Crippen molar-refractivity contribution >= 4 is 17.6 Å². The Morgan fingerprint density at radius 2 is 1.71 bits per heavy atom. The lowest BCUT2D eigenvalue weighted by Crippen LogP contribution is -2.36. The molecule has 0 aromatic heterocycles. The van der Waals surface area contributed by atoms with Gasteiger partial charge in [-0.15, -0.1) is 0 Å². The van der Waals surface area contributed by atoms with Crippen LogP contribution in [0.15, 0.2) is 48.5 Å². The average Bonchev–Trinajstić information content (AvgIpc) is 2.59. The second kappa shape index (κ2) is 8.57. The predicted molar refractivity (Wildman–Crippen MR) is 93.5 cm³/mol. The van der Waals surface area contributed by atoms with Crippen LogP contribution >= 0.6 is 0 Å². The minimum Gasteiger partial charge on any atom is -0.496 e. The van der Waals surface area contributed by atoms with Gasteiger partial charge < -0.3 is 20.7 Å². The quantitative estimate of drug-likeness (QED) is 0.713. The maximum Gasteiger partial charge on any atom is 0.319 e. The van der Waals surface area contributed by atoms with Crippen LogP contribution in [0.5, 0.6) is 5.75 Å². The summed E-state index contributed by atoms with van der Waals surface area (Å²) < 4.78 is 5.17. The molecule has 0 atom stereocenters. The summed E-state index contributed by atoms with van der Waals surface area (Å²) in [5, 5.41) is 8.17. The van der Waals surface area contributed by atoms with Crippen molar-refractivity contribution in [3.8, 4) is 5.75 Å². The maximum atomic E-state index is 11.8. The summed E-state index contributed by atoms with van der Waals surface area (Å²) in [4.78, 5) is 23.7. The van der Waals surface area contributed by atoms with Crippen molar-refractivity contribution in [1.82, 2.24) is 10.6 Å². The highest BCUT2D eigenvalue weighted by atomic mass is 16.5. The smallest absolute Gasteiger partial charge is 0.319 e. The molecule has 6 heteroatoms. The molecule has 126 valence electrons. The number of aryl methyl sites for hydroxylation is 1. The lowest BCUT2D eigenvalue weighted by Gasteiger charge is -2.10. The molecule has 2 aromatic carbocycles. The highest BCUT2D eigenvalue weighted by Gasteiger charge is 2.05. The second-order valence-corrected chi connectivity index (χ2v) is 5.19. The molecule has 0 saturated carbocycles. The van der Waals surface area contributed by atoms with Crippen LogP contribution in [-0.4, -0.2) is 32.1 Å². The summed E-state index contributed by atoms with van der Waals surface area (Å²) in [5.41, 5.74) is 2.21. The molecule has 0 saturated heterocycles. The molecule has 0 radical (unpaired) electrons. The van der Waals surface area contributed by atoms with Crippen molar-refractivity contribution in [3.05, 3.63) is 59.7 Å². The summed E-state index contributed by atoms with van der Waals surface area (Å²) in [6.45, 7) is 2.59. The number of rotatable bonds is 6. The van der Waals surface area contributed by atoms with E-state index in [-0.39, 0.29) is 11.9 Å². The third-order valence-corrected chi connectivity index (χ3v) is 3.38. The highest BCUT2D eigenvalue weighted by molar-refractivity contribution is 5.94. The van der Waals surface area contributed by atoms with Crippen LogP contribution in [0.2, 0.25) is 0 Å². The fraction of sp³-hybridized carbons (Fsp3) is 0.222. The Hall–Kier alpha value is -3.02. The van der Waals surface area contributed by atoms with Gasteiger partial charge in [-0.25, -0.2) is 4.79 Å². The number of carbonyl (C=O) groups excluding carboxylic acids is 2. The van der Waals surface area contributed by atoms with E-state index in [2.05, 4.69) is 16.0 Å². The van der Waals surface area contributed by atoms with Gasteiger partial charge in [-0.05, 0) is 42.8 Å². The molecular weight excluding hydrogens is 306 g/mol. The third-order valence-electron chi connectivity index (χ3n) is 3.38. The Kier molecular flexibility index (Phi) is 6.19. The van der Waals surface area contributed by atoms with Crippen LogP contribution in [0.25, 0.3) is 0 Å². The van der Waals surface area contributed by atoms with Crippen molar-refractivity contribution in [2.45, 2.75) is 6.92 Å². The fourth-order valence-electron chi connectivity index (χ4n) is 2.18. The van der Waals surface area contributed by atoms with Crippen LogP contribution in [-0.2, 0) is 0 Å². The summed E-state index contributed by atoms with van der Waals surface area (Å²) in [6, 6.07) is 14.0. The molecule has 24 heavy (non-hydrogen) atoms. The molecule has 3 N–H and O–H groups in total. The minimum absolute atomic E-state index is 0.163. The molecule has 3 amide bonds. The van der Waals surface area contributed by atoms with Gasteiger partial charge >= 0.3 is 6.03 Å². The standard InChI is InChI=1S/C18H21N3O3/c1-13-12-15(8-9-16(13)24-2)21-18(23)20-11-10-19-17(22)14-6-4-3-5-7-14/h3-9,12H,10-11H2,1-2H3,(H,19,22)(H2,20,21,23). The number of nitrogens with one attached hydrogen (secondary N) is 3. The molecule has 0 aliphatic rings. The monoisotopic (exact) mass is 327 g/mol. The Labute approximate surface area is 141 Å². The number of carbonyl (C=O) groups is 2. The molecule has 2 aromatic rings. The van der Waals surface area contributed by atoms with Crippen LogP contribution in [0, 0.1) is 6.92 Å². The number of benzene rings is 2. The second-order valence-electron chi connectivity index (χ2n) is 5.19. The van der Waals surface area contributed by atoms with Crippen molar-refractivity contribution in [3.63, 3.8) is 0 Å². The van der Waals surface area contributed by atoms with E-state index in [4.69, 9.17) is 4.74 Å². The number of methoxy groups -OCH3 is 1. The Morgan fingerprint density at radius 1 is 1.00 bits per heavy atom. The predicted octanol–water partition coefficient (Wildman–Crippen LogP) is 2.56. The Bertz CT molecular complexity index is 702. The average molecular weight is 327 g/mol. The first-order chi connectivity index (χ1) is 11.6. The van der Waals surface area contributed by atoms with Crippen LogP contribution in [0.3, 0.4) is 0 Å². The van der Waals surface area contributed by atoms with Crippen molar-refractivity contribution in [1.29, 1.82) is 0 Å². The zero-order chi connectivity index (χ0) is 17.4. The van der Waals surface area contributed by atoms with E-state index in [1.807, 2.05) is 19.1 Å². The van der Waals surface area contributed by atoms with Crippen molar-refractivity contribution in [2.24, 2.45) is 0 Å². The molecule has 6 nitrogen and oxygen atoms in total. The van der Waals surface area contributed by atoms with Gasteiger partial charge in [0, 0.05) is 24.3 Å². The molecule has 0 fully saturated rings. The number of hydrogen-bond donors (Lipinski definition) is 3. The molecule has 0 unspecified atom stereocenters. The Morgan fingerprint density at radius 3 is 2.38 bits per heavy atom. The summed E-state index contributed by atoms with van der Waals surface area (Å²) in [5.74, 6) is 0.605. The van der Waals surface area contributed by atoms with Gasteiger partial charge in [0.2, 0.25) is 0 Å². The first-order valence-electron chi connectivity index (χ1n) is 7.63. The molecule has 0 aliphatic carbocycles. The van der Waals surface area contributed by atoms with E-state index < -0.39 is 0 Å². The van der Waals surface area contributed by atoms with Crippen LogP contribution < -0.4 is 20.7 Å². The molecule has 0 bridgehead atoms. The number of ether oxygens (including phenoxy) is 1. The summed E-state index contributed by atoms with van der Waals surface area (Å²) >= 11 is 0. The number of anilines is 1. The first kappa shape index (κ1) is 17.3. The van der Waals surface area contributed by atoms with E-state index >= 15 is 0 Å². The molecule has 0 spiro atoms. The minimum atomic E-state index is -0.325. The third kappa shape index (κ3) is 5.01. The van der Waals surface area contributed by atoms with Crippen LogP contribution in [0.1, 0.15) is 15.9 Å². The van der Waals surface area contributed by atoms with Crippen molar-refractivity contribution in [2.75, 3.05) is 25.5 Å². The molecule has 0 aliphatic heterocycles. The van der Waals surface area contributed by atoms with E-state index in [0.29, 0.717) is 24.3 Å². The van der Waals surface area contributed by atoms with Gasteiger partial charge in [0.15, 0.2) is 0 Å². The largest absolute Gasteiger partial charge is 0.496 e. The molecular formula is C18H21N3O3. The normalized spacial score (nSPS) is 9.92. The van der Waals surface area contributed by atoms with Crippen molar-refractivity contribution < 1.29 is 14.3 Å². The maximum absolute atomic E-state index is 11.8. The zero-order valence-corrected chi connectivity index (χ0v) is 13.8. The van der Waals surface area contributed by atoms with Gasteiger partial charge in [0.1, 0.15) is 5.75 Å². The molecule has 0 heterocycles. The zero-order valence-electron chi connectivity index (χ0n) is 13.8. The van der Waals surface area contributed by atoms with Gasteiger partial charge in [0.05, 0.1) is 7.11 Å². The first-order valence-corrected chi connectivity index (χ1v) is 7.63. The van der Waals surface area contributed by atoms with Gasteiger partial charge in [-0.3, -0.25) is 4.79 Å². The van der Waals surface area contributed by atoms with E-state index in [1.54, 1.807) is 43.5 Å². The van der Waals surface area contributed by atoms with E-state index in [9.17, 15) is 9.59 Å². The van der Waals surface area contributed by atoms with Gasteiger partial charge in [0.25, 0.3) is 5.91 Å².